The average molecular weight is 288 g/mol. The van der Waals surface area contributed by atoms with E-state index in [0.717, 1.165) is 5.69 Å². The second-order valence-electron chi connectivity index (χ2n) is 4.50. The van der Waals surface area contributed by atoms with Gasteiger partial charge in [0.1, 0.15) is 12.7 Å². The molecule has 21 heavy (non-hydrogen) atoms. The Morgan fingerprint density at radius 3 is 2.86 bits per heavy atom. The number of carboxylic acid groups (broad SMARTS) is 1. The molecule has 110 valence electrons. The van der Waals surface area contributed by atoms with Gasteiger partial charge in [-0.05, 0) is 31.0 Å². The Hall–Kier alpha value is -2.70. The molecule has 0 saturated heterocycles. The molecule has 1 aromatic heterocycles. The molecule has 1 aromatic carbocycles. The van der Waals surface area contributed by atoms with E-state index in [9.17, 15) is 9.59 Å². The molecule has 0 bridgehead atoms. The zero-order valence-electron chi connectivity index (χ0n) is 11.4. The second kappa shape index (κ2) is 7.18. The number of benzene rings is 1. The van der Waals surface area contributed by atoms with Crippen molar-refractivity contribution in [2.24, 2.45) is 0 Å². The number of hydrogen-bond acceptors (Lipinski definition) is 4. The molecule has 7 heteroatoms. The summed E-state index contributed by atoms with van der Waals surface area (Å²) in [6.07, 6.45) is 4.30. The third-order valence-electron chi connectivity index (χ3n) is 2.89. The van der Waals surface area contributed by atoms with Crippen molar-refractivity contribution in [3.63, 3.8) is 0 Å². The average Bonchev–Trinajstić information content (AvgIpc) is 3.01. The summed E-state index contributed by atoms with van der Waals surface area (Å²) in [5.41, 5.74) is 1.28. The van der Waals surface area contributed by atoms with Gasteiger partial charge in [0.25, 0.3) is 5.91 Å². The highest BCUT2D eigenvalue weighted by Gasteiger charge is 2.07. The molecule has 0 aliphatic carbocycles. The van der Waals surface area contributed by atoms with Gasteiger partial charge in [0.15, 0.2) is 0 Å². The zero-order chi connectivity index (χ0) is 15.1. The fourth-order valence-electron chi connectivity index (χ4n) is 1.84. The van der Waals surface area contributed by atoms with Crippen LogP contribution < -0.4 is 5.32 Å². The maximum absolute atomic E-state index is 12.0. The molecule has 2 rings (SSSR count). The van der Waals surface area contributed by atoms with Crippen LogP contribution in [0.1, 0.15) is 29.6 Å². The largest absolute Gasteiger partial charge is 0.481 e. The van der Waals surface area contributed by atoms with Crippen LogP contribution in [-0.4, -0.2) is 38.3 Å². The van der Waals surface area contributed by atoms with Gasteiger partial charge in [-0.3, -0.25) is 9.59 Å². The lowest BCUT2D eigenvalue weighted by Crippen LogP contribution is -2.24. The van der Waals surface area contributed by atoms with Gasteiger partial charge >= 0.3 is 5.97 Å². The first-order valence-corrected chi connectivity index (χ1v) is 6.62. The molecule has 0 unspecified atom stereocenters. The number of hydrogen-bond donors (Lipinski definition) is 2. The van der Waals surface area contributed by atoms with Crippen molar-refractivity contribution in [1.82, 2.24) is 20.1 Å². The number of amides is 1. The number of aromatic nitrogens is 3. The van der Waals surface area contributed by atoms with Gasteiger partial charge in [0.05, 0.1) is 5.69 Å². The first-order valence-electron chi connectivity index (χ1n) is 6.62. The van der Waals surface area contributed by atoms with Crippen molar-refractivity contribution >= 4 is 11.9 Å². The van der Waals surface area contributed by atoms with Crippen molar-refractivity contribution in [3.8, 4) is 5.69 Å². The normalized spacial score (nSPS) is 10.3. The summed E-state index contributed by atoms with van der Waals surface area (Å²) in [4.78, 5) is 26.2. The van der Waals surface area contributed by atoms with Crippen molar-refractivity contribution in [2.75, 3.05) is 6.54 Å². The van der Waals surface area contributed by atoms with E-state index in [2.05, 4.69) is 15.4 Å². The highest BCUT2D eigenvalue weighted by molar-refractivity contribution is 5.94. The van der Waals surface area contributed by atoms with Crippen molar-refractivity contribution in [2.45, 2.75) is 19.3 Å². The quantitative estimate of drug-likeness (QED) is 0.747. The van der Waals surface area contributed by atoms with E-state index >= 15 is 0 Å². The number of aliphatic carboxylic acids is 1. The Kier molecular flexibility index (Phi) is 5.03. The molecule has 1 amide bonds. The standard InChI is InChI=1S/C14H16N4O3/c19-13(20)6-1-2-7-16-14(21)11-4-3-5-12(8-11)18-10-15-9-17-18/h3-5,8-10H,1-2,6-7H2,(H,16,21)(H,19,20). The van der Waals surface area contributed by atoms with Gasteiger partial charge in [-0.1, -0.05) is 6.07 Å². The second-order valence-corrected chi connectivity index (χ2v) is 4.50. The predicted octanol–water partition coefficient (Wildman–Crippen LogP) is 1.25. The summed E-state index contributed by atoms with van der Waals surface area (Å²) >= 11 is 0. The third-order valence-corrected chi connectivity index (χ3v) is 2.89. The monoisotopic (exact) mass is 288 g/mol. The highest BCUT2D eigenvalue weighted by Crippen LogP contribution is 2.09. The third kappa shape index (κ3) is 4.41. The number of carbonyl (C=O) groups excluding carboxylic acids is 1. The van der Waals surface area contributed by atoms with Crippen molar-refractivity contribution in [3.05, 3.63) is 42.5 Å². The van der Waals surface area contributed by atoms with E-state index < -0.39 is 5.97 Å². The Bertz CT molecular complexity index is 610. The van der Waals surface area contributed by atoms with Crippen LogP contribution in [0, 0.1) is 0 Å². The van der Waals surface area contributed by atoms with Gasteiger partial charge in [-0.25, -0.2) is 9.67 Å². The number of nitrogens with one attached hydrogen (secondary N) is 1. The number of carboxylic acids is 1. The highest BCUT2D eigenvalue weighted by atomic mass is 16.4. The minimum absolute atomic E-state index is 0.123. The molecule has 0 fully saturated rings. The summed E-state index contributed by atoms with van der Waals surface area (Å²) < 4.78 is 1.57. The van der Waals surface area contributed by atoms with Crippen LogP contribution in [0.2, 0.25) is 0 Å². The smallest absolute Gasteiger partial charge is 0.303 e. The fraction of sp³-hybridized carbons (Fsp3) is 0.286. The molecule has 0 saturated carbocycles. The van der Waals surface area contributed by atoms with E-state index in [0.29, 0.717) is 24.9 Å². The minimum atomic E-state index is -0.818. The Morgan fingerprint density at radius 2 is 2.14 bits per heavy atom. The maximum atomic E-state index is 12.0. The molecule has 0 aliphatic heterocycles. The molecular weight excluding hydrogens is 272 g/mol. The van der Waals surface area contributed by atoms with Crippen LogP contribution in [0.15, 0.2) is 36.9 Å². The Morgan fingerprint density at radius 1 is 1.29 bits per heavy atom. The van der Waals surface area contributed by atoms with Gasteiger partial charge in [-0.2, -0.15) is 5.10 Å². The summed E-state index contributed by atoms with van der Waals surface area (Å²) in [6.45, 7) is 0.458. The van der Waals surface area contributed by atoms with E-state index in [1.807, 2.05) is 6.07 Å². The zero-order valence-corrected chi connectivity index (χ0v) is 11.4. The Balaban J connectivity index is 1.88. The summed E-state index contributed by atoms with van der Waals surface area (Å²) in [7, 11) is 0. The van der Waals surface area contributed by atoms with Crippen LogP contribution in [-0.2, 0) is 4.79 Å². The lowest BCUT2D eigenvalue weighted by molar-refractivity contribution is -0.137. The number of rotatable bonds is 7. The molecule has 7 nitrogen and oxygen atoms in total. The first-order chi connectivity index (χ1) is 10.2. The van der Waals surface area contributed by atoms with Crippen LogP contribution in [0.25, 0.3) is 5.69 Å². The number of nitrogens with zero attached hydrogens (tertiary/aromatic N) is 3. The van der Waals surface area contributed by atoms with Crippen LogP contribution in [0.3, 0.4) is 0 Å². The maximum Gasteiger partial charge on any atom is 0.303 e. The summed E-state index contributed by atoms with van der Waals surface area (Å²) in [5.74, 6) is -1.01. The molecule has 1 heterocycles. The van der Waals surface area contributed by atoms with Gasteiger partial charge in [0, 0.05) is 18.5 Å². The van der Waals surface area contributed by atoms with E-state index in [1.165, 1.54) is 6.33 Å². The lowest BCUT2D eigenvalue weighted by Gasteiger charge is -2.06. The molecule has 0 spiro atoms. The fourth-order valence-corrected chi connectivity index (χ4v) is 1.84. The molecule has 0 atom stereocenters. The van der Waals surface area contributed by atoms with E-state index in [4.69, 9.17) is 5.11 Å². The van der Waals surface area contributed by atoms with Crippen molar-refractivity contribution < 1.29 is 14.7 Å². The summed E-state index contributed by atoms with van der Waals surface area (Å²) in [5, 5.41) is 15.3. The Labute approximate surface area is 121 Å². The number of carbonyl (C=O) groups is 2. The van der Waals surface area contributed by atoms with Gasteiger partial charge < -0.3 is 10.4 Å². The predicted molar refractivity (Wildman–Crippen MR) is 75.2 cm³/mol. The van der Waals surface area contributed by atoms with Crippen LogP contribution in [0.4, 0.5) is 0 Å². The number of unbranched alkanes of at least 4 members (excludes halogenated alkanes) is 1. The topological polar surface area (TPSA) is 97.1 Å². The summed E-state index contributed by atoms with van der Waals surface area (Å²) in [6, 6.07) is 7.04. The van der Waals surface area contributed by atoms with Crippen LogP contribution in [0.5, 0.6) is 0 Å². The molecule has 0 radical (unpaired) electrons. The SMILES string of the molecule is O=C(O)CCCCNC(=O)c1cccc(-n2cncn2)c1. The van der Waals surface area contributed by atoms with E-state index in [-0.39, 0.29) is 12.3 Å². The van der Waals surface area contributed by atoms with E-state index in [1.54, 1.807) is 29.2 Å². The molecule has 2 N–H and O–H groups in total. The van der Waals surface area contributed by atoms with Gasteiger partial charge in [0.2, 0.25) is 0 Å². The molecule has 2 aromatic rings. The minimum Gasteiger partial charge on any atom is -0.481 e. The first kappa shape index (κ1) is 14.7. The van der Waals surface area contributed by atoms with Crippen molar-refractivity contribution in [1.29, 1.82) is 0 Å². The van der Waals surface area contributed by atoms with Crippen LogP contribution >= 0.6 is 0 Å². The van der Waals surface area contributed by atoms with Gasteiger partial charge in [-0.15, -0.1) is 0 Å². The lowest BCUT2D eigenvalue weighted by atomic mass is 10.2. The molecular formula is C14H16N4O3. The molecule has 0 aliphatic rings.